The van der Waals surface area contributed by atoms with E-state index in [1.165, 1.54) is 0 Å². The molecule has 1 spiro atoms. The van der Waals surface area contributed by atoms with Crippen LogP contribution in [0.2, 0.25) is 0 Å². The number of hydrogen-bond acceptors (Lipinski definition) is 7. The van der Waals surface area contributed by atoms with Crippen LogP contribution < -0.4 is 5.32 Å². The number of nitrogens with zero attached hydrogens (tertiary/aromatic N) is 4. The second-order valence-corrected chi connectivity index (χ2v) is 11.6. The molecular weight excluding hydrogens is 462 g/mol. The minimum absolute atomic E-state index is 0.0286. The molecule has 0 unspecified atom stereocenters. The van der Waals surface area contributed by atoms with Gasteiger partial charge in [-0.25, -0.2) is 9.59 Å². The van der Waals surface area contributed by atoms with Gasteiger partial charge in [-0.3, -0.25) is 4.84 Å². The summed E-state index contributed by atoms with van der Waals surface area (Å²) in [7, 11) is 0. The third kappa shape index (κ3) is 4.31. The molecule has 2 atom stereocenters. The number of piperidine rings is 1. The number of hydrogen-bond donors (Lipinski definition) is 1. The van der Waals surface area contributed by atoms with E-state index in [4.69, 9.17) is 14.0 Å². The van der Waals surface area contributed by atoms with Gasteiger partial charge >= 0.3 is 12.1 Å². The fourth-order valence-corrected chi connectivity index (χ4v) is 5.67. The zero-order valence-corrected chi connectivity index (χ0v) is 21.0. The summed E-state index contributed by atoms with van der Waals surface area (Å²) in [5, 5.41) is 13.2. The Labute approximate surface area is 210 Å². The molecule has 6 rings (SSSR count). The third-order valence-electron chi connectivity index (χ3n) is 7.82. The molecule has 10 heteroatoms. The Bertz CT molecular complexity index is 1140. The predicted octanol–water partition coefficient (Wildman–Crippen LogP) is 4.30. The molecule has 2 bridgehead atoms. The molecule has 2 saturated heterocycles. The van der Waals surface area contributed by atoms with Crippen molar-refractivity contribution in [1.29, 1.82) is 0 Å². The lowest BCUT2D eigenvalue weighted by Crippen LogP contribution is -2.45. The van der Waals surface area contributed by atoms with Gasteiger partial charge in [-0.05, 0) is 63.9 Å². The third-order valence-corrected chi connectivity index (χ3v) is 7.82. The van der Waals surface area contributed by atoms with Crippen LogP contribution in [-0.2, 0) is 16.2 Å². The van der Waals surface area contributed by atoms with Gasteiger partial charge in [0.05, 0.1) is 6.04 Å². The number of amides is 3. The number of carbonyl (C=O) groups is 2. The zero-order valence-electron chi connectivity index (χ0n) is 21.0. The number of hydroxylamine groups is 2. The van der Waals surface area contributed by atoms with E-state index in [1.807, 2.05) is 56.0 Å². The number of alkyl carbamates (subject to hydrolysis) is 1. The molecule has 1 aromatic heterocycles. The van der Waals surface area contributed by atoms with Crippen LogP contribution in [0.25, 0.3) is 0 Å². The van der Waals surface area contributed by atoms with E-state index in [0.29, 0.717) is 24.9 Å². The molecule has 4 aliphatic rings. The number of rotatable bonds is 6. The standard InChI is InChI=1S/C26H33N5O5/c1-25(2,3)36-23(32)27-18-11-17(12-18)21-28-29-22(35-21)19-13-26(9-10-26)20-14-30(19)24(33)31(20)34-15-16-7-5-4-6-8-16/h4-8,17-20H,9-15H2,1-3H3,(H,27,32)/t17-,18+,19-,20+/m0/s1. The van der Waals surface area contributed by atoms with E-state index in [1.54, 1.807) is 5.06 Å². The Balaban J connectivity index is 1.09. The van der Waals surface area contributed by atoms with E-state index in [-0.39, 0.29) is 35.5 Å². The minimum atomic E-state index is -0.526. The molecule has 10 nitrogen and oxygen atoms in total. The van der Waals surface area contributed by atoms with Crippen molar-refractivity contribution in [2.24, 2.45) is 5.41 Å². The molecule has 2 aliphatic carbocycles. The van der Waals surface area contributed by atoms with Crippen molar-refractivity contribution in [2.45, 2.75) is 89.1 Å². The first kappa shape index (κ1) is 23.3. The topological polar surface area (TPSA) is 110 Å². The number of benzene rings is 1. The summed E-state index contributed by atoms with van der Waals surface area (Å²) in [5.41, 5.74) is 0.559. The van der Waals surface area contributed by atoms with Crippen LogP contribution in [0, 0.1) is 5.41 Å². The molecule has 2 saturated carbocycles. The van der Waals surface area contributed by atoms with Crippen molar-refractivity contribution in [3.63, 3.8) is 0 Å². The SMILES string of the molecule is CC(C)(C)OC(=O)N[C@H]1C[C@@H](c2nnc([C@@H]3CC4(CC4)[C@H]4CN3C(=O)N4OCc3ccccc3)o2)C1. The highest BCUT2D eigenvalue weighted by Gasteiger charge is 2.64. The van der Waals surface area contributed by atoms with Crippen molar-refractivity contribution in [1.82, 2.24) is 25.5 Å². The molecule has 1 aromatic carbocycles. The lowest BCUT2D eigenvalue weighted by molar-refractivity contribution is -0.153. The smallest absolute Gasteiger partial charge is 0.407 e. The zero-order chi connectivity index (χ0) is 25.1. The van der Waals surface area contributed by atoms with Gasteiger partial charge in [-0.15, -0.1) is 10.2 Å². The maximum Gasteiger partial charge on any atom is 0.407 e. The molecule has 192 valence electrons. The number of fused-ring (bicyclic) bond motifs is 3. The molecule has 4 fully saturated rings. The lowest BCUT2D eigenvalue weighted by Gasteiger charge is -2.35. The maximum absolute atomic E-state index is 13.3. The summed E-state index contributed by atoms with van der Waals surface area (Å²) < 4.78 is 11.5. The fourth-order valence-electron chi connectivity index (χ4n) is 5.67. The Morgan fingerprint density at radius 1 is 1.17 bits per heavy atom. The average molecular weight is 496 g/mol. The number of ether oxygens (including phenoxy) is 1. The molecule has 1 N–H and O–H groups in total. The monoisotopic (exact) mass is 495 g/mol. The first-order chi connectivity index (χ1) is 17.2. The van der Waals surface area contributed by atoms with Crippen molar-refractivity contribution < 1.29 is 23.6 Å². The largest absolute Gasteiger partial charge is 0.444 e. The van der Waals surface area contributed by atoms with E-state index in [2.05, 4.69) is 15.5 Å². The van der Waals surface area contributed by atoms with Crippen LogP contribution in [0.5, 0.6) is 0 Å². The summed E-state index contributed by atoms with van der Waals surface area (Å²) in [6, 6.07) is 9.61. The first-order valence-corrected chi connectivity index (χ1v) is 12.8. The quantitative estimate of drug-likeness (QED) is 0.636. The lowest BCUT2D eigenvalue weighted by atomic mass is 9.80. The van der Waals surface area contributed by atoms with E-state index in [0.717, 1.165) is 37.7 Å². The molecule has 0 radical (unpaired) electrons. The highest BCUT2D eigenvalue weighted by Crippen LogP contribution is 2.61. The minimum Gasteiger partial charge on any atom is -0.444 e. The summed E-state index contributed by atoms with van der Waals surface area (Å²) in [6.45, 7) is 6.50. The van der Waals surface area contributed by atoms with Gasteiger partial charge in [0.25, 0.3) is 0 Å². The summed E-state index contributed by atoms with van der Waals surface area (Å²) in [6.07, 6.45) is 3.99. The number of aromatic nitrogens is 2. The van der Waals surface area contributed by atoms with Crippen molar-refractivity contribution in [3.05, 3.63) is 47.7 Å². The number of nitrogens with one attached hydrogen (secondary N) is 1. The van der Waals surface area contributed by atoms with Crippen molar-refractivity contribution in [3.8, 4) is 0 Å². The number of carbonyl (C=O) groups excluding carboxylic acids is 2. The van der Waals surface area contributed by atoms with Crippen molar-refractivity contribution >= 4 is 12.1 Å². The van der Waals surface area contributed by atoms with Gasteiger partial charge in [-0.2, -0.15) is 5.06 Å². The second-order valence-electron chi connectivity index (χ2n) is 11.6. The highest BCUT2D eigenvalue weighted by atomic mass is 16.7. The van der Waals surface area contributed by atoms with Gasteiger partial charge in [0.15, 0.2) is 0 Å². The van der Waals surface area contributed by atoms with E-state index < -0.39 is 11.7 Å². The molecule has 3 heterocycles. The molecular formula is C26H33N5O5. The first-order valence-electron chi connectivity index (χ1n) is 12.8. The van der Waals surface area contributed by atoms with Crippen LogP contribution in [0.15, 0.2) is 34.7 Å². The summed E-state index contributed by atoms with van der Waals surface area (Å²) in [4.78, 5) is 33.2. The molecule has 2 aromatic rings. The Morgan fingerprint density at radius 2 is 1.89 bits per heavy atom. The van der Waals surface area contributed by atoms with Gasteiger partial charge < -0.3 is 19.4 Å². The van der Waals surface area contributed by atoms with Gasteiger partial charge in [0.1, 0.15) is 18.2 Å². The Hall–Kier alpha value is -3.14. The van der Waals surface area contributed by atoms with Crippen molar-refractivity contribution in [2.75, 3.05) is 6.54 Å². The van der Waals surface area contributed by atoms with Gasteiger partial charge in [0, 0.05) is 18.5 Å². The molecule has 2 aliphatic heterocycles. The van der Waals surface area contributed by atoms with Crippen LogP contribution in [-0.4, -0.2) is 56.5 Å². The van der Waals surface area contributed by atoms with Gasteiger partial charge in [0.2, 0.25) is 11.8 Å². The summed E-state index contributed by atoms with van der Waals surface area (Å²) >= 11 is 0. The van der Waals surface area contributed by atoms with E-state index in [9.17, 15) is 9.59 Å². The van der Waals surface area contributed by atoms with Crippen LogP contribution in [0.3, 0.4) is 0 Å². The highest BCUT2D eigenvalue weighted by molar-refractivity contribution is 5.77. The Kier molecular flexibility index (Phi) is 5.47. The van der Waals surface area contributed by atoms with Gasteiger partial charge in [-0.1, -0.05) is 30.3 Å². The van der Waals surface area contributed by atoms with E-state index >= 15 is 0 Å². The summed E-state index contributed by atoms with van der Waals surface area (Å²) in [5.74, 6) is 1.16. The molecule has 3 amide bonds. The van der Waals surface area contributed by atoms with Crippen LogP contribution in [0.4, 0.5) is 9.59 Å². The normalized spacial score (nSPS) is 28.2. The van der Waals surface area contributed by atoms with Crippen LogP contribution in [0.1, 0.15) is 82.2 Å². The maximum atomic E-state index is 13.3. The van der Waals surface area contributed by atoms with Crippen LogP contribution >= 0.6 is 0 Å². The second kappa shape index (κ2) is 8.47. The molecule has 36 heavy (non-hydrogen) atoms. The average Bonchev–Trinajstić information content (AvgIpc) is 3.28. The Morgan fingerprint density at radius 3 is 2.58 bits per heavy atom. The predicted molar refractivity (Wildman–Crippen MR) is 127 cm³/mol. The fraction of sp³-hybridized carbons (Fsp3) is 0.615. The number of urea groups is 1.